The van der Waals surface area contributed by atoms with Gasteiger partial charge in [0.15, 0.2) is 0 Å². The Morgan fingerprint density at radius 3 is 2.80 bits per heavy atom. The van der Waals surface area contributed by atoms with Crippen LogP contribution in [0, 0.1) is 5.82 Å². The lowest BCUT2D eigenvalue weighted by atomic mass is 9.73. The number of pyridine rings is 1. The van der Waals surface area contributed by atoms with Gasteiger partial charge in [-0.25, -0.2) is 9.18 Å². The van der Waals surface area contributed by atoms with E-state index in [1.165, 1.54) is 22.8 Å². The maximum absolute atomic E-state index is 13.9. The molecular formula is C23H22FN3O3. The van der Waals surface area contributed by atoms with Crippen molar-refractivity contribution in [2.24, 2.45) is 7.05 Å². The summed E-state index contributed by atoms with van der Waals surface area (Å²) < 4.78 is 21.6. The van der Waals surface area contributed by atoms with Gasteiger partial charge in [0.2, 0.25) is 0 Å². The molecule has 1 aromatic heterocycles. The van der Waals surface area contributed by atoms with E-state index in [1.807, 2.05) is 6.07 Å². The third kappa shape index (κ3) is 3.10. The SMILES string of the molecule is Cn1c(=O)ccc2c(NC(=O)N[C@H]3CC4(CCC4)Oc4ccc(F)cc43)cccc21. The molecule has 30 heavy (non-hydrogen) atoms. The fourth-order valence-corrected chi connectivity index (χ4v) is 4.48. The van der Waals surface area contributed by atoms with Gasteiger partial charge >= 0.3 is 6.03 Å². The van der Waals surface area contributed by atoms with Gasteiger partial charge in [0, 0.05) is 30.5 Å². The highest BCUT2D eigenvalue weighted by Gasteiger charge is 2.46. The minimum Gasteiger partial charge on any atom is -0.487 e. The normalized spacial score (nSPS) is 18.9. The quantitative estimate of drug-likeness (QED) is 0.667. The Bertz CT molecular complexity index is 1220. The Balaban J connectivity index is 1.42. The zero-order chi connectivity index (χ0) is 20.9. The molecule has 1 spiro atoms. The predicted molar refractivity (Wildman–Crippen MR) is 112 cm³/mol. The van der Waals surface area contributed by atoms with E-state index in [2.05, 4.69) is 10.6 Å². The molecule has 1 aliphatic carbocycles. The van der Waals surface area contributed by atoms with E-state index in [0.717, 1.165) is 30.2 Å². The number of amides is 2. The van der Waals surface area contributed by atoms with Crippen molar-refractivity contribution in [1.82, 2.24) is 9.88 Å². The second-order valence-corrected chi connectivity index (χ2v) is 8.14. The minimum absolute atomic E-state index is 0.115. The van der Waals surface area contributed by atoms with Crippen LogP contribution in [0.3, 0.4) is 0 Å². The Hall–Kier alpha value is -3.35. The molecule has 1 saturated carbocycles. The number of carbonyl (C=O) groups excluding carboxylic acids is 1. The second-order valence-electron chi connectivity index (χ2n) is 8.14. The number of aryl methyl sites for hydroxylation is 1. The molecule has 7 heteroatoms. The summed E-state index contributed by atoms with van der Waals surface area (Å²) in [4.78, 5) is 24.8. The number of hydrogen-bond acceptors (Lipinski definition) is 3. The first-order valence-electron chi connectivity index (χ1n) is 10.1. The first kappa shape index (κ1) is 18.7. The number of fused-ring (bicyclic) bond motifs is 2. The summed E-state index contributed by atoms with van der Waals surface area (Å²) in [7, 11) is 1.69. The number of carbonyl (C=O) groups is 1. The van der Waals surface area contributed by atoms with Crippen LogP contribution in [0.4, 0.5) is 14.9 Å². The summed E-state index contributed by atoms with van der Waals surface area (Å²) in [6.45, 7) is 0. The molecule has 5 rings (SSSR count). The van der Waals surface area contributed by atoms with E-state index in [1.54, 1.807) is 31.3 Å². The second kappa shape index (κ2) is 6.86. The zero-order valence-electron chi connectivity index (χ0n) is 16.6. The van der Waals surface area contributed by atoms with Crippen LogP contribution < -0.4 is 20.9 Å². The van der Waals surface area contributed by atoms with E-state index in [-0.39, 0.29) is 29.1 Å². The molecule has 6 nitrogen and oxygen atoms in total. The molecule has 1 atom stereocenters. The van der Waals surface area contributed by atoms with Crippen molar-refractivity contribution in [3.63, 3.8) is 0 Å². The number of hydrogen-bond donors (Lipinski definition) is 2. The molecule has 2 amide bonds. The van der Waals surface area contributed by atoms with Gasteiger partial charge < -0.3 is 19.9 Å². The number of benzene rings is 2. The summed E-state index contributed by atoms with van der Waals surface area (Å²) in [6.07, 6.45) is 3.56. The molecule has 2 N–H and O–H groups in total. The largest absolute Gasteiger partial charge is 0.487 e. The van der Waals surface area contributed by atoms with Crippen molar-refractivity contribution in [1.29, 1.82) is 0 Å². The Morgan fingerprint density at radius 2 is 2.03 bits per heavy atom. The predicted octanol–water partition coefficient (Wildman–Crippen LogP) is 4.25. The Morgan fingerprint density at radius 1 is 1.20 bits per heavy atom. The molecule has 3 aromatic rings. The molecular weight excluding hydrogens is 385 g/mol. The van der Waals surface area contributed by atoms with Gasteiger partial charge in [-0.3, -0.25) is 4.79 Å². The van der Waals surface area contributed by atoms with Crippen molar-refractivity contribution >= 4 is 22.6 Å². The average molecular weight is 407 g/mol. The van der Waals surface area contributed by atoms with Gasteiger partial charge in [-0.05, 0) is 55.7 Å². The van der Waals surface area contributed by atoms with Crippen LogP contribution in [-0.2, 0) is 7.05 Å². The van der Waals surface area contributed by atoms with Crippen molar-refractivity contribution < 1.29 is 13.9 Å². The van der Waals surface area contributed by atoms with Crippen LogP contribution in [-0.4, -0.2) is 16.2 Å². The van der Waals surface area contributed by atoms with E-state index in [9.17, 15) is 14.0 Å². The van der Waals surface area contributed by atoms with Crippen molar-refractivity contribution in [2.75, 3.05) is 5.32 Å². The number of halogens is 1. The number of nitrogens with zero attached hydrogens (tertiary/aromatic N) is 1. The first-order valence-corrected chi connectivity index (χ1v) is 10.1. The van der Waals surface area contributed by atoms with Crippen molar-refractivity contribution in [3.8, 4) is 5.75 Å². The van der Waals surface area contributed by atoms with E-state index in [4.69, 9.17) is 4.74 Å². The van der Waals surface area contributed by atoms with Gasteiger partial charge in [0.1, 0.15) is 17.2 Å². The topological polar surface area (TPSA) is 72.4 Å². The summed E-state index contributed by atoms with van der Waals surface area (Å²) in [5, 5.41) is 6.65. The number of aromatic nitrogens is 1. The molecule has 154 valence electrons. The van der Waals surface area contributed by atoms with Gasteiger partial charge in [-0.15, -0.1) is 0 Å². The Kier molecular flexibility index (Phi) is 4.27. The third-order valence-corrected chi connectivity index (χ3v) is 6.24. The highest BCUT2D eigenvalue weighted by atomic mass is 19.1. The molecule has 1 aliphatic heterocycles. The number of rotatable bonds is 2. The standard InChI is InChI=1S/C23H22FN3O3/c1-27-19-5-2-4-17(15(19)7-9-21(27)28)25-22(29)26-18-13-23(10-3-11-23)30-20-8-6-14(24)12-16(18)20/h2,4-9,12,18H,3,10-11,13H2,1H3,(H2,25,26,29)/t18-/m0/s1. The van der Waals surface area contributed by atoms with Crippen molar-refractivity contribution in [3.05, 3.63) is 70.3 Å². The van der Waals surface area contributed by atoms with Crippen LogP contribution in [0.15, 0.2) is 53.3 Å². The van der Waals surface area contributed by atoms with Gasteiger partial charge in [-0.2, -0.15) is 0 Å². The molecule has 0 radical (unpaired) electrons. The lowest BCUT2D eigenvalue weighted by molar-refractivity contribution is -0.0355. The molecule has 0 bridgehead atoms. The van der Waals surface area contributed by atoms with Crippen LogP contribution in [0.5, 0.6) is 5.75 Å². The molecule has 2 heterocycles. The molecule has 1 fully saturated rings. The smallest absolute Gasteiger partial charge is 0.319 e. The maximum Gasteiger partial charge on any atom is 0.319 e. The number of ether oxygens (including phenoxy) is 1. The monoisotopic (exact) mass is 407 g/mol. The van der Waals surface area contributed by atoms with Crippen molar-refractivity contribution in [2.45, 2.75) is 37.3 Å². The average Bonchev–Trinajstić information content (AvgIpc) is 2.70. The number of nitrogens with one attached hydrogen (secondary N) is 2. The van der Waals surface area contributed by atoms with Gasteiger partial charge in [0.25, 0.3) is 5.56 Å². The van der Waals surface area contributed by atoms with E-state index >= 15 is 0 Å². The lowest BCUT2D eigenvalue weighted by Crippen LogP contribution is -2.50. The fraction of sp³-hybridized carbons (Fsp3) is 0.304. The van der Waals surface area contributed by atoms with Gasteiger partial charge in [0.05, 0.1) is 17.2 Å². The first-order chi connectivity index (χ1) is 14.4. The number of urea groups is 1. The summed E-state index contributed by atoms with van der Waals surface area (Å²) in [5.74, 6) is 0.275. The molecule has 0 unspecified atom stereocenters. The molecule has 2 aromatic carbocycles. The molecule has 0 saturated heterocycles. The summed E-state index contributed by atoms with van der Waals surface area (Å²) in [6, 6.07) is 12.3. The van der Waals surface area contributed by atoms with Crippen LogP contribution in [0.25, 0.3) is 10.9 Å². The number of anilines is 1. The van der Waals surface area contributed by atoms with Gasteiger partial charge in [-0.1, -0.05) is 6.07 Å². The van der Waals surface area contributed by atoms with Crippen LogP contribution in [0.1, 0.15) is 37.3 Å². The Labute approximate surface area is 172 Å². The summed E-state index contributed by atoms with van der Waals surface area (Å²) >= 11 is 0. The van der Waals surface area contributed by atoms with E-state index < -0.39 is 0 Å². The molecule has 2 aliphatic rings. The highest BCUT2D eigenvalue weighted by molar-refractivity contribution is 6.00. The van der Waals surface area contributed by atoms with Crippen LogP contribution in [0.2, 0.25) is 0 Å². The summed E-state index contributed by atoms with van der Waals surface area (Å²) in [5.41, 5.74) is 1.59. The lowest BCUT2D eigenvalue weighted by Gasteiger charge is -2.48. The minimum atomic E-state index is -0.382. The highest BCUT2D eigenvalue weighted by Crippen LogP contribution is 2.48. The van der Waals surface area contributed by atoms with E-state index in [0.29, 0.717) is 23.4 Å². The maximum atomic E-state index is 13.9. The van der Waals surface area contributed by atoms with Crippen LogP contribution >= 0.6 is 0 Å². The third-order valence-electron chi connectivity index (χ3n) is 6.24. The fourth-order valence-electron chi connectivity index (χ4n) is 4.48. The zero-order valence-corrected chi connectivity index (χ0v) is 16.6.